The maximum atomic E-state index is 11.8. The molecule has 0 bridgehead atoms. The van der Waals surface area contributed by atoms with Crippen LogP contribution >= 0.6 is 22.6 Å². The van der Waals surface area contributed by atoms with E-state index in [4.69, 9.17) is 9.47 Å². The minimum absolute atomic E-state index is 0.153. The van der Waals surface area contributed by atoms with Crippen LogP contribution in [-0.2, 0) is 16.0 Å². The number of aliphatic carboxylic acids is 1. The number of carboxylic acids is 1. The summed E-state index contributed by atoms with van der Waals surface area (Å²) in [6.07, 6.45) is -0.595. The van der Waals surface area contributed by atoms with Crippen LogP contribution in [-0.4, -0.2) is 34.4 Å². The Balaban J connectivity index is 2.84. The normalized spacial score (nSPS) is 13.1. The number of carboxylic acid groups (broad SMARTS) is 1. The Kier molecular flexibility index (Phi) is 7.10. The summed E-state index contributed by atoms with van der Waals surface area (Å²) in [7, 11) is 0. The van der Waals surface area contributed by atoms with E-state index in [1.54, 1.807) is 26.8 Å². The average molecular weight is 463 g/mol. The smallest absolute Gasteiger partial charge is 0.408 e. The Labute approximate surface area is 162 Å². The third-order valence-corrected chi connectivity index (χ3v) is 3.68. The van der Waals surface area contributed by atoms with Gasteiger partial charge in [-0.05, 0) is 81.8 Å². The van der Waals surface area contributed by atoms with E-state index in [-0.39, 0.29) is 12.0 Å². The molecular formula is C18H26INO5. The lowest BCUT2D eigenvalue weighted by Crippen LogP contribution is -2.44. The average Bonchev–Trinajstić information content (AvgIpc) is 2.37. The van der Waals surface area contributed by atoms with Crippen LogP contribution in [0.3, 0.4) is 0 Å². The minimum atomic E-state index is -1.11. The summed E-state index contributed by atoms with van der Waals surface area (Å²) in [6, 6.07) is 4.40. The van der Waals surface area contributed by atoms with Crippen LogP contribution in [0.1, 0.15) is 47.1 Å². The highest BCUT2D eigenvalue weighted by Crippen LogP contribution is 2.26. The van der Waals surface area contributed by atoms with E-state index in [1.165, 1.54) is 0 Å². The number of hydrogen-bond donors (Lipinski definition) is 2. The number of carbonyl (C=O) groups is 2. The molecule has 7 heteroatoms. The molecule has 0 heterocycles. The molecule has 0 aliphatic rings. The highest BCUT2D eigenvalue weighted by molar-refractivity contribution is 14.1. The lowest BCUT2D eigenvalue weighted by Gasteiger charge is -2.23. The van der Waals surface area contributed by atoms with Crippen LogP contribution in [0.5, 0.6) is 5.75 Å². The first-order valence-corrected chi connectivity index (χ1v) is 9.04. The van der Waals surface area contributed by atoms with E-state index in [2.05, 4.69) is 27.9 Å². The van der Waals surface area contributed by atoms with Crippen LogP contribution in [0.4, 0.5) is 4.79 Å². The zero-order valence-electron chi connectivity index (χ0n) is 15.5. The Hall–Kier alpha value is -1.51. The van der Waals surface area contributed by atoms with Gasteiger partial charge in [-0.3, -0.25) is 0 Å². The molecule has 140 valence electrons. The van der Waals surface area contributed by atoms with E-state index < -0.39 is 23.7 Å². The number of nitrogens with one attached hydrogen (secondary N) is 1. The van der Waals surface area contributed by atoms with E-state index in [0.717, 1.165) is 14.9 Å². The zero-order chi connectivity index (χ0) is 19.4. The molecule has 0 spiro atoms. The maximum Gasteiger partial charge on any atom is 0.408 e. The van der Waals surface area contributed by atoms with Gasteiger partial charge in [0.05, 0.1) is 3.57 Å². The third-order valence-electron chi connectivity index (χ3n) is 2.84. The fraction of sp³-hybridized carbons (Fsp3) is 0.556. The third kappa shape index (κ3) is 8.42. The molecule has 1 aromatic rings. The van der Waals surface area contributed by atoms with Gasteiger partial charge in [0, 0.05) is 6.42 Å². The number of alkyl carbamates (subject to hydrolysis) is 1. The Morgan fingerprint density at radius 2 is 1.76 bits per heavy atom. The van der Waals surface area contributed by atoms with Crippen molar-refractivity contribution in [2.75, 3.05) is 0 Å². The maximum absolute atomic E-state index is 11.8. The van der Waals surface area contributed by atoms with Gasteiger partial charge in [-0.25, -0.2) is 9.59 Å². The summed E-state index contributed by atoms with van der Waals surface area (Å²) in [5, 5.41) is 11.8. The zero-order valence-corrected chi connectivity index (χ0v) is 17.6. The number of benzene rings is 1. The van der Waals surface area contributed by atoms with E-state index in [1.807, 2.05) is 32.9 Å². The minimum Gasteiger partial charge on any atom is -0.487 e. The van der Waals surface area contributed by atoms with Gasteiger partial charge in [0.1, 0.15) is 23.0 Å². The number of rotatable bonds is 5. The Bertz CT molecular complexity index is 631. The van der Waals surface area contributed by atoms with Crippen molar-refractivity contribution in [3.05, 3.63) is 27.3 Å². The predicted molar refractivity (Wildman–Crippen MR) is 104 cm³/mol. The molecule has 6 nitrogen and oxygen atoms in total. The number of carbonyl (C=O) groups excluding carboxylic acids is 1. The SMILES string of the molecule is CC(C)(C)OC(=O)N[C@@H](Cc1ccc(OC(C)(C)C)c(I)c1)C(=O)O. The first kappa shape index (κ1) is 21.5. The van der Waals surface area contributed by atoms with Gasteiger partial charge >= 0.3 is 12.1 Å². The first-order valence-electron chi connectivity index (χ1n) is 7.96. The molecule has 0 saturated heterocycles. The fourth-order valence-electron chi connectivity index (χ4n) is 1.97. The molecule has 1 rings (SSSR count). The molecule has 0 aliphatic carbocycles. The summed E-state index contributed by atoms with van der Waals surface area (Å²) in [5.41, 5.74) is -0.216. The second kappa shape index (κ2) is 8.25. The van der Waals surface area contributed by atoms with Crippen molar-refractivity contribution in [1.82, 2.24) is 5.32 Å². The van der Waals surface area contributed by atoms with Crippen LogP contribution in [0.2, 0.25) is 0 Å². The van der Waals surface area contributed by atoms with Crippen molar-refractivity contribution in [2.24, 2.45) is 0 Å². The second-order valence-corrected chi connectivity index (χ2v) is 8.88. The molecule has 0 saturated carbocycles. The van der Waals surface area contributed by atoms with Gasteiger partial charge in [0.15, 0.2) is 0 Å². The number of ether oxygens (including phenoxy) is 2. The molecule has 0 aliphatic heterocycles. The van der Waals surface area contributed by atoms with E-state index >= 15 is 0 Å². The summed E-state index contributed by atoms with van der Waals surface area (Å²) < 4.78 is 11.8. The monoisotopic (exact) mass is 463 g/mol. The molecular weight excluding hydrogens is 437 g/mol. The summed E-state index contributed by atoms with van der Waals surface area (Å²) in [5.74, 6) is -0.375. The molecule has 0 fully saturated rings. The van der Waals surface area contributed by atoms with Crippen molar-refractivity contribution in [3.63, 3.8) is 0 Å². The summed E-state index contributed by atoms with van der Waals surface area (Å²) in [4.78, 5) is 23.3. The van der Waals surface area contributed by atoms with Gasteiger partial charge in [-0.2, -0.15) is 0 Å². The molecule has 0 unspecified atom stereocenters. The van der Waals surface area contributed by atoms with Gasteiger partial charge in [0.25, 0.3) is 0 Å². The van der Waals surface area contributed by atoms with Crippen LogP contribution in [0.25, 0.3) is 0 Å². The largest absolute Gasteiger partial charge is 0.487 e. The van der Waals surface area contributed by atoms with Gasteiger partial charge in [-0.1, -0.05) is 6.07 Å². The lowest BCUT2D eigenvalue weighted by atomic mass is 10.1. The van der Waals surface area contributed by atoms with Crippen LogP contribution in [0, 0.1) is 3.57 Å². The highest BCUT2D eigenvalue weighted by Gasteiger charge is 2.24. The van der Waals surface area contributed by atoms with E-state index in [9.17, 15) is 14.7 Å². The molecule has 1 aromatic carbocycles. The lowest BCUT2D eigenvalue weighted by molar-refractivity contribution is -0.139. The summed E-state index contributed by atoms with van der Waals surface area (Å²) >= 11 is 2.15. The number of halogens is 1. The molecule has 25 heavy (non-hydrogen) atoms. The summed E-state index contributed by atoms with van der Waals surface area (Å²) in [6.45, 7) is 11.0. The van der Waals surface area contributed by atoms with Crippen molar-refractivity contribution in [3.8, 4) is 5.75 Å². The van der Waals surface area contributed by atoms with Crippen molar-refractivity contribution in [2.45, 2.75) is 65.2 Å². The van der Waals surface area contributed by atoms with E-state index in [0.29, 0.717) is 0 Å². The predicted octanol–water partition coefficient (Wildman–Crippen LogP) is 3.99. The highest BCUT2D eigenvalue weighted by atomic mass is 127. The van der Waals surface area contributed by atoms with Crippen LogP contribution in [0.15, 0.2) is 18.2 Å². The van der Waals surface area contributed by atoms with Gasteiger partial charge in [0.2, 0.25) is 0 Å². The van der Waals surface area contributed by atoms with Crippen molar-refractivity contribution < 1.29 is 24.2 Å². The Morgan fingerprint density at radius 3 is 2.20 bits per heavy atom. The fourth-order valence-corrected chi connectivity index (χ4v) is 2.66. The van der Waals surface area contributed by atoms with Crippen molar-refractivity contribution in [1.29, 1.82) is 0 Å². The molecule has 0 radical (unpaired) electrons. The number of hydrogen-bond acceptors (Lipinski definition) is 4. The standard InChI is InChI=1S/C18H26INO5/c1-17(2,3)24-14-8-7-11(9-12(14)19)10-13(15(21)22)20-16(23)25-18(4,5)6/h7-9,13H,10H2,1-6H3,(H,20,23)(H,21,22)/t13-/m0/s1. The molecule has 1 atom stereocenters. The molecule has 0 aromatic heterocycles. The first-order chi connectivity index (χ1) is 11.3. The Morgan fingerprint density at radius 1 is 1.16 bits per heavy atom. The van der Waals surface area contributed by atoms with Crippen LogP contribution < -0.4 is 10.1 Å². The van der Waals surface area contributed by atoms with Gasteiger partial charge < -0.3 is 19.9 Å². The topological polar surface area (TPSA) is 84.9 Å². The molecule has 2 N–H and O–H groups in total. The second-order valence-electron chi connectivity index (χ2n) is 7.72. The molecule has 1 amide bonds. The van der Waals surface area contributed by atoms with Gasteiger partial charge in [-0.15, -0.1) is 0 Å². The quantitative estimate of drug-likeness (QED) is 0.646. The van der Waals surface area contributed by atoms with Crippen molar-refractivity contribution >= 4 is 34.7 Å². The number of amides is 1.